The number of nitriles is 1. The van der Waals surface area contributed by atoms with Gasteiger partial charge in [0.1, 0.15) is 5.54 Å². The van der Waals surface area contributed by atoms with Crippen LogP contribution in [0, 0.1) is 18.3 Å². The third-order valence-corrected chi connectivity index (χ3v) is 4.45. The number of nitrogens with one attached hydrogen (secondary N) is 1. The van der Waals surface area contributed by atoms with Crippen molar-refractivity contribution in [1.82, 2.24) is 5.32 Å². The Kier molecular flexibility index (Phi) is 4.67. The first-order valence-electron chi connectivity index (χ1n) is 7.07. The van der Waals surface area contributed by atoms with Gasteiger partial charge in [-0.2, -0.15) is 5.26 Å². The summed E-state index contributed by atoms with van der Waals surface area (Å²) in [7, 11) is 0. The zero-order chi connectivity index (χ0) is 14.6. The van der Waals surface area contributed by atoms with Gasteiger partial charge in [-0.25, -0.2) is 0 Å². The van der Waals surface area contributed by atoms with E-state index in [1.54, 1.807) is 18.2 Å². The standard InChI is InChI=1S/C16H19ClN2O/c1-12-13(7-6-8-14(12)17)15(20)19-16(11-18)9-4-2-3-5-10-16/h6-8H,2-5,9-10H2,1H3,(H,19,20). The second kappa shape index (κ2) is 6.28. The first-order chi connectivity index (χ1) is 9.58. The van der Waals surface area contributed by atoms with Crippen molar-refractivity contribution in [3.8, 4) is 6.07 Å². The number of amides is 1. The maximum Gasteiger partial charge on any atom is 0.252 e. The number of carbonyl (C=O) groups excluding carboxylic acids is 1. The average Bonchev–Trinajstić information content (AvgIpc) is 2.68. The summed E-state index contributed by atoms with van der Waals surface area (Å²) in [5.74, 6) is -0.201. The van der Waals surface area contributed by atoms with Gasteiger partial charge in [0.05, 0.1) is 6.07 Å². The molecule has 0 aliphatic heterocycles. The van der Waals surface area contributed by atoms with Gasteiger partial charge >= 0.3 is 0 Å². The number of benzene rings is 1. The SMILES string of the molecule is Cc1c(Cl)cccc1C(=O)NC1(C#N)CCCCCC1. The molecule has 3 nitrogen and oxygen atoms in total. The lowest BCUT2D eigenvalue weighted by Crippen LogP contribution is -2.47. The van der Waals surface area contributed by atoms with Crippen LogP contribution in [0.1, 0.15) is 54.4 Å². The fourth-order valence-corrected chi connectivity index (χ4v) is 2.91. The van der Waals surface area contributed by atoms with Crippen molar-refractivity contribution in [1.29, 1.82) is 5.26 Å². The summed E-state index contributed by atoms with van der Waals surface area (Å²) in [4.78, 5) is 12.4. The van der Waals surface area contributed by atoms with Crippen LogP contribution in [-0.2, 0) is 0 Å². The molecule has 1 aliphatic carbocycles. The molecule has 1 aromatic carbocycles. The van der Waals surface area contributed by atoms with Crippen LogP contribution >= 0.6 is 11.6 Å². The molecule has 0 saturated heterocycles. The van der Waals surface area contributed by atoms with E-state index in [4.69, 9.17) is 11.6 Å². The van der Waals surface area contributed by atoms with Gasteiger partial charge in [-0.15, -0.1) is 0 Å². The lowest BCUT2D eigenvalue weighted by Gasteiger charge is -2.26. The van der Waals surface area contributed by atoms with Crippen LogP contribution in [0.2, 0.25) is 5.02 Å². The third kappa shape index (κ3) is 3.13. The molecule has 0 heterocycles. The number of halogens is 1. The van der Waals surface area contributed by atoms with E-state index < -0.39 is 5.54 Å². The van der Waals surface area contributed by atoms with Gasteiger partial charge in [0.15, 0.2) is 0 Å². The molecule has 1 N–H and O–H groups in total. The van der Waals surface area contributed by atoms with Crippen molar-refractivity contribution in [2.45, 2.75) is 51.0 Å². The van der Waals surface area contributed by atoms with E-state index >= 15 is 0 Å². The molecule has 2 rings (SSSR count). The van der Waals surface area contributed by atoms with Gasteiger partial charge in [-0.3, -0.25) is 4.79 Å². The van der Waals surface area contributed by atoms with E-state index in [2.05, 4.69) is 11.4 Å². The molecule has 20 heavy (non-hydrogen) atoms. The molecule has 1 amide bonds. The fraction of sp³-hybridized carbons (Fsp3) is 0.500. The molecule has 106 valence electrons. The van der Waals surface area contributed by atoms with Crippen molar-refractivity contribution in [3.63, 3.8) is 0 Å². The minimum absolute atomic E-state index is 0.201. The van der Waals surface area contributed by atoms with Crippen molar-refractivity contribution in [2.24, 2.45) is 0 Å². The minimum Gasteiger partial charge on any atom is -0.334 e. The Morgan fingerprint density at radius 2 is 1.95 bits per heavy atom. The van der Waals surface area contributed by atoms with Crippen LogP contribution in [0.5, 0.6) is 0 Å². The molecule has 0 spiro atoms. The van der Waals surface area contributed by atoms with Gasteiger partial charge in [-0.05, 0) is 37.5 Å². The van der Waals surface area contributed by atoms with Crippen LogP contribution in [0.4, 0.5) is 0 Å². The van der Waals surface area contributed by atoms with E-state index in [0.29, 0.717) is 10.6 Å². The van der Waals surface area contributed by atoms with Crippen LogP contribution in [0.3, 0.4) is 0 Å². The Labute approximate surface area is 124 Å². The monoisotopic (exact) mass is 290 g/mol. The highest BCUT2D eigenvalue weighted by molar-refractivity contribution is 6.31. The lowest BCUT2D eigenvalue weighted by atomic mass is 9.91. The summed E-state index contributed by atoms with van der Waals surface area (Å²) in [5, 5.41) is 13.0. The summed E-state index contributed by atoms with van der Waals surface area (Å²) < 4.78 is 0. The summed E-state index contributed by atoms with van der Waals surface area (Å²) >= 11 is 6.05. The third-order valence-electron chi connectivity index (χ3n) is 4.04. The zero-order valence-electron chi connectivity index (χ0n) is 11.7. The normalized spacial score (nSPS) is 17.9. The Bertz CT molecular complexity index is 540. The number of hydrogen-bond donors (Lipinski definition) is 1. The highest BCUT2D eigenvalue weighted by atomic mass is 35.5. The minimum atomic E-state index is -0.720. The van der Waals surface area contributed by atoms with Gasteiger partial charge in [0.2, 0.25) is 0 Å². The van der Waals surface area contributed by atoms with Gasteiger partial charge in [-0.1, -0.05) is 43.4 Å². The molecule has 1 aromatic rings. The largest absolute Gasteiger partial charge is 0.334 e. The van der Waals surface area contributed by atoms with Crippen LogP contribution in [-0.4, -0.2) is 11.4 Å². The van der Waals surface area contributed by atoms with Crippen molar-refractivity contribution >= 4 is 17.5 Å². The van der Waals surface area contributed by atoms with E-state index in [1.165, 1.54) is 0 Å². The van der Waals surface area contributed by atoms with Crippen LogP contribution < -0.4 is 5.32 Å². The highest BCUT2D eigenvalue weighted by Crippen LogP contribution is 2.27. The van der Waals surface area contributed by atoms with E-state index in [1.807, 2.05) is 6.92 Å². The molecule has 1 saturated carbocycles. The molecule has 4 heteroatoms. The smallest absolute Gasteiger partial charge is 0.252 e. The molecule has 0 atom stereocenters. The molecule has 0 bridgehead atoms. The summed E-state index contributed by atoms with van der Waals surface area (Å²) in [6.45, 7) is 1.82. The molecule has 0 aromatic heterocycles. The van der Waals surface area contributed by atoms with Gasteiger partial charge in [0.25, 0.3) is 5.91 Å². The van der Waals surface area contributed by atoms with Crippen LogP contribution in [0.15, 0.2) is 18.2 Å². The lowest BCUT2D eigenvalue weighted by molar-refractivity contribution is 0.0912. The summed E-state index contributed by atoms with van der Waals surface area (Å²) in [6, 6.07) is 7.60. The van der Waals surface area contributed by atoms with Crippen molar-refractivity contribution in [3.05, 3.63) is 34.3 Å². The maximum absolute atomic E-state index is 12.4. The Balaban J connectivity index is 2.21. The van der Waals surface area contributed by atoms with E-state index in [-0.39, 0.29) is 5.91 Å². The first kappa shape index (κ1) is 14.9. The Morgan fingerprint density at radius 1 is 1.30 bits per heavy atom. The molecule has 1 aliphatic rings. The average molecular weight is 291 g/mol. The Morgan fingerprint density at radius 3 is 2.55 bits per heavy atom. The van der Waals surface area contributed by atoms with E-state index in [9.17, 15) is 10.1 Å². The maximum atomic E-state index is 12.4. The topological polar surface area (TPSA) is 52.9 Å². The molecular formula is C16H19ClN2O. The van der Waals surface area contributed by atoms with Gasteiger partial charge in [0, 0.05) is 10.6 Å². The number of rotatable bonds is 2. The predicted octanol–water partition coefficient (Wildman–Crippen LogP) is 3.99. The summed E-state index contributed by atoms with van der Waals surface area (Å²) in [5.41, 5.74) is 0.590. The quantitative estimate of drug-likeness (QED) is 0.837. The summed E-state index contributed by atoms with van der Waals surface area (Å²) in [6.07, 6.45) is 5.71. The molecule has 1 fully saturated rings. The van der Waals surface area contributed by atoms with E-state index in [0.717, 1.165) is 44.1 Å². The second-order valence-electron chi connectivity index (χ2n) is 5.47. The number of hydrogen-bond acceptors (Lipinski definition) is 2. The zero-order valence-corrected chi connectivity index (χ0v) is 12.5. The number of carbonyl (C=O) groups is 1. The van der Waals surface area contributed by atoms with Crippen molar-refractivity contribution < 1.29 is 4.79 Å². The highest BCUT2D eigenvalue weighted by Gasteiger charge is 2.33. The number of nitrogens with zero attached hydrogens (tertiary/aromatic N) is 1. The molecule has 0 radical (unpaired) electrons. The fourth-order valence-electron chi connectivity index (χ4n) is 2.73. The first-order valence-corrected chi connectivity index (χ1v) is 7.45. The van der Waals surface area contributed by atoms with Crippen molar-refractivity contribution in [2.75, 3.05) is 0 Å². The van der Waals surface area contributed by atoms with Crippen LogP contribution in [0.25, 0.3) is 0 Å². The molecule has 0 unspecified atom stereocenters. The second-order valence-corrected chi connectivity index (χ2v) is 5.88. The Hall–Kier alpha value is -1.53. The molecular weight excluding hydrogens is 272 g/mol. The predicted molar refractivity (Wildman–Crippen MR) is 79.7 cm³/mol. The van der Waals surface area contributed by atoms with Gasteiger partial charge < -0.3 is 5.32 Å².